The molecule has 3 nitrogen and oxygen atoms in total. The van der Waals surface area contributed by atoms with E-state index in [-0.39, 0.29) is 5.78 Å². The van der Waals surface area contributed by atoms with Crippen molar-refractivity contribution in [2.45, 2.75) is 18.8 Å². The van der Waals surface area contributed by atoms with E-state index in [4.69, 9.17) is 5.73 Å². The van der Waals surface area contributed by atoms with Crippen LogP contribution in [0.3, 0.4) is 0 Å². The van der Waals surface area contributed by atoms with E-state index in [2.05, 4.69) is 11.6 Å². The lowest BCUT2D eigenvalue weighted by Gasteiger charge is -2.09. The molecule has 0 aliphatic heterocycles. The predicted octanol–water partition coefficient (Wildman–Crippen LogP) is 3.06. The van der Waals surface area contributed by atoms with Gasteiger partial charge in [-0.15, -0.1) is 0 Å². The third-order valence-corrected chi connectivity index (χ3v) is 3.32. The normalized spacial score (nSPS) is 14.7. The van der Waals surface area contributed by atoms with Gasteiger partial charge in [0.1, 0.15) is 0 Å². The molecule has 18 heavy (non-hydrogen) atoms. The van der Waals surface area contributed by atoms with Crippen molar-refractivity contribution >= 4 is 22.4 Å². The van der Waals surface area contributed by atoms with E-state index < -0.39 is 0 Å². The van der Waals surface area contributed by atoms with Gasteiger partial charge >= 0.3 is 0 Å². The Kier molecular flexibility index (Phi) is 2.40. The topological polar surface area (TPSA) is 56.0 Å². The number of pyridine rings is 1. The molecule has 1 aromatic carbocycles. The summed E-state index contributed by atoms with van der Waals surface area (Å²) in [6, 6.07) is 7.52. The molecule has 2 N–H and O–H groups in total. The molecule has 2 aromatic rings. The maximum atomic E-state index is 11.9. The van der Waals surface area contributed by atoms with Crippen molar-refractivity contribution in [3.8, 4) is 0 Å². The summed E-state index contributed by atoms with van der Waals surface area (Å²) in [6.45, 7) is 3.55. The molecule has 90 valence electrons. The van der Waals surface area contributed by atoms with Crippen LogP contribution in [0.2, 0.25) is 0 Å². The van der Waals surface area contributed by atoms with E-state index >= 15 is 0 Å². The smallest absolute Gasteiger partial charge is 0.187 e. The van der Waals surface area contributed by atoms with E-state index in [1.165, 1.54) is 6.08 Å². The first-order valence-electron chi connectivity index (χ1n) is 6.06. The summed E-state index contributed by atoms with van der Waals surface area (Å²) in [5.41, 5.74) is 8.94. The molecule has 0 radical (unpaired) electrons. The number of carbonyl (C=O) groups excluding carboxylic acids is 1. The Labute approximate surface area is 105 Å². The summed E-state index contributed by atoms with van der Waals surface area (Å²) in [5.74, 6) is 0.349. The van der Waals surface area contributed by atoms with Crippen molar-refractivity contribution in [3.05, 3.63) is 48.2 Å². The second-order valence-electron chi connectivity index (χ2n) is 4.68. The number of nitrogens with zero attached hydrogens (tertiary/aromatic N) is 1. The number of nitrogens with two attached hydrogens (primary N) is 1. The van der Waals surface area contributed by atoms with Crippen LogP contribution in [-0.2, 0) is 0 Å². The molecule has 1 saturated carbocycles. The number of benzene rings is 1. The van der Waals surface area contributed by atoms with Crippen LogP contribution >= 0.6 is 0 Å². The van der Waals surface area contributed by atoms with Gasteiger partial charge in [-0.3, -0.25) is 4.79 Å². The summed E-state index contributed by atoms with van der Waals surface area (Å²) in [5, 5.41) is 0.907. The molecule has 0 atom stereocenters. The standard InChI is InChI=1S/C15H14N2O/c1-2-13(18)11-8-10-4-3-5-12(16)15(10)17-14(11)9-6-7-9/h2-5,8-9H,1,6-7,16H2. The predicted molar refractivity (Wildman–Crippen MR) is 72.7 cm³/mol. The number of anilines is 1. The molecule has 1 aliphatic carbocycles. The van der Waals surface area contributed by atoms with Crippen LogP contribution < -0.4 is 5.73 Å². The van der Waals surface area contributed by atoms with Crippen LogP contribution in [0.5, 0.6) is 0 Å². The van der Waals surface area contributed by atoms with Gasteiger partial charge in [0.05, 0.1) is 16.9 Å². The summed E-state index contributed by atoms with van der Waals surface area (Å²) >= 11 is 0. The molecule has 0 amide bonds. The third kappa shape index (κ3) is 1.68. The first-order chi connectivity index (χ1) is 8.70. The first-order valence-corrected chi connectivity index (χ1v) is 6.06. The summed E-state index contributed by atoms with van der Waals surface area (Å²) < 4.78 is 0. The number of allylic oxidation sites excluding steroid dienone is 1. The van der Waals surface area contributed by atoms with Crippen molar-refractivity contribution in [2.24, 2.45) is 0 Å². The SMILES string of the molecule is C=CC(=O)c1cc2cccc(N)c2nc1C1CC1. The average Bonchev–Trinajstić information content (AvgIpc) is 3.21. The minimum absolute atomic E-state index is 0.0614. The second-order valence-corrected chi connectivity index (χ2v) is 4.68. The van der Waals surface area contributed by atoms with E-state index in [1.807, 2.05) is 24.3 Å². The number of para-hydroxylation sites is 1. The van der Waals surface area contributed by atoms with E-state index in [1.54, 1.807) is 0 Å². The van der Waals surface area contributed by atoms with Gasteiger partial charge < -0.3 is 5.73 Å². The molecule has 1 aromatic heterocycles. The fraction of sp³-hybridized carbons (Fsp3) is 0.200. The van der Waals surface area contributed by atoms with Crippen LogP contribution in [0.15, 0.2) is 36.9 Å². The Morgan fingerprint density at radius 2 is 2.22 bits per heavy atom. The van der Waals surface area contributed by atoms with Crippen molar-refractivity contribution in [2.75, 3.05) is 5.73 Å². The Morgan fingerprint density at radius 3 is 2.89 bits per heavy atom. The van der Waals surface area contributed by atoms with Crippen LogP contribution in [0, 0.1) is 0 Å². The van der Waals surface area contributed by atoms with Crippen molar-refractivity contribution in [1.82, 2.24) is 4.98 Å². The minimum atomic E-state index is -0.0614. The van der Waals surface area contributed by atoms with Crippen molar-refractivity contribution < 1.29 is 4.79 Å². The van der Waals surface area contributed by atoms with Gasteiger partial charge in [-0.05, 0) is 31.1 Å². The van der Waals surface area contributed by atoms with Gasteiger partial charge in [-0.25, -0.2) is 4.98 Å². The third-order valence-electron chi connectivity index (χ3n) is 3.32. The fourth-order valence-corrected chi connectivity index (χ4v) is 2.21. The Morgan fingerprint density at radius 1 is 1.44 bits per heavy atom. The molecule has 1 aliphatic rings. The molecule has 0 bridgehead atoms. The average molecular weight is 238 g/mol. The molecule has 3 heteroatoms. The number of rotatable bonds is 3. The zero-order chi connectivity index (χ0) is 12.7. The van der Waals surface area contributed by atoms with Gasteiger partial charge in [-0.1, -0.05) is 18.7 Å². The Bertz CT molecular complexity index is 657. The van der Waals surface area contributed by atoms with Gasteiger partial charge in [0.25, 0.3) is 0 Å². The molecule has 1 fully saturated rings. The summed E-state index contributed by atoms with van der Waals surface area (Å²) in [4.78, 5) is 16.5. The summed E-state index contributed by atoms with van der Waals surface area (Å²) in [6.07, 6.45) is 3.55. The highest BCUT2D eigenvalue weighted by molar-refractivity contribution is 6.07. The maximum absolute atomic E-state index is 11.9. The number of hydrogen-bond donors (Lipinski definition) is 1. The maximum Gasteiger partial charge on any atom is 0.187 e. The van der Waals surface area contributed by atoms with Crippen LogP contribution in [0.25, 0.3) is 10.9 Å². The number of hydrogen-bond acceptors (Lipinski definition) is 3. The lowest BCUT2D eigenvalue weighted by Crippen LogP contribution is -2.04. The van der Waals surface area contributed by atoms with Crippen molar-refractivity contribution in [1.29, 1.82) is 0 Å². The minimum Gasteiger partial charge on any atom is -0.397 e. The number of ketones is 1. The highest BCUT2D eigenvalue weighted by Crippen LogP contribution is 2.41. The molecule has 0 unspecified atom stereocenters. The largest absolute Gasteiger partial charge is 0.397 e. The molecular formula is C15H14N2O. The number of carbonyl (C=O) groups is 1. The number of aromatic nitrogens is 1. The zero-order valence-electron chi connectivity index (χ0n) is 10.0. The Balaban J connectivity index is 2.30. The highest BCUT2D eigenvalue weighted by atomic mass is 16.1. The summed E-state index contributed by atoms with van der Waals surface area (Å²) in [7, 11) is 0. The first kappa shape index (κ1) is 11.0. The van der Waals surface area contributed by atoms with Gasteiger partial charge in [-0.2, -0.15) is 0 Å². The zero-order valence-corrected chi connectivity index (χ0v) is 10.0. The lowest BCUT2D eigenvalue weighted by atomic mass is 10.0. The number of fused-ring (bicyclic) bond motifs is 1. The van der Waals surface area contributed by atoms with Gasteiger partial charge in [0, 0.05) is 16.9 Å². The lowest BCUT2D eigenvalue weighted by molar-refractivity contribution is 0.104. The van der Waals surface area contributed by atoms with E-state index in [9.17, 15) is 4.79 Å². The van der Waals surface area contributed by atoms with E-state index in [0.29, 0.717) is 17.2 Å². The second kappa shape index (κ2) is 3.95. The van der Waals surface area contributed by atoms with Crippen molar-refractivity contribution in [3.63, 3.8) is 0 Å². The monoisotopic (exact) mass is 238 g/mol. The highest BCUT2D eigenvalue weighted by Gasteiger charge is 2.29. The van der Waals surface area contributed by atoms with E-state index in [0.717, 1.165) is 29.4 Å². The quantitative estimate of drug-likeness (QED) is 0.508. The molecule has 0 saturated heterocycles. The molecular weight excluding hydrogens is 224 g/mol. The van der Waals surface area contributed by atoms with Crippen LogP contribution in [0.1, 0.15) is 34.8 Å². The van der Waals surface area contributed by atoms with Crippen LogP contribution in [0.4, 0.5) is 5.69 Å². The molecule has 0 spiro atoms. The molecule has 1 heterocycles. The number of nitrogen functional groups attached to an aromatic ring is 1. The van der Waals surface area contributed by atoms with Gasteiger partial charge in [0.2, 0.25) is 0 Å². The van der Waals surface area contributed by atoms with Gasteiger partial charge in [0.15, 0.2) is 5.78 Å². The molecule has 3 rings (SSSR count). The van der Waals surface area contributed by atoms with Crippen LogP contribution in [-0.4, -0.2) is 10.8 Å². The Hall–Kier alpha value is -2.16. The fourth-order valence-electron chi connectivity index (χ4n) is 2.21.